The Hall–Kier alpha value is -3.24. The Morgan fingerprint density at radius 1 is 1.38 bits per heavy atom. The number of H-pyrrole nitrogens is 1. The van der Waals surface area contributed by atoms with E-state index in [-0.39, 0.29) is 23.0 Å². The lowest BCUT2D eigenvalue weighted by Crippen LogP contribution is -2.14. The Kier molecular flexibility index (Phi) is 3.06. The summed E-state index contributed by atoms with van der Waals surface area (Å²) in [7, 11) is 0. The van der Waals surface area contributed by atoms with Crippen LogP contribution in [0.2, 0.25) is 0 Å². The van der Waals surface area contributed by atoms with E-state index in [0.29, 0.717) is 5.56 Å². The van der Waals surface area contributed by atoms with E-state index in [1.165, 1.54) is 6.20 Å². The number of hydrogen-bond donors (Lipinski definition) is 3. The van der Waals surface area contributed by atoms with Gasteiger partial charge in [-0.3, -0.25) is 10.2 Å². The van der Waals surface area contributed by atoms with Gasteiger partial charge in [-0.05, 0) is 6.07 Å². The van der Waals surface area contributed by atoms with Crippen molar-refractivity contribution in [3.8, 4) is 6.07 Å². The number of aromatic nitrogens is 3. The highest BCUT2D eigenvalue weighted by atomic mass is 16.1. The normalized spacial score (nSPS) is 10.3. The second-order valence-electron chi connectivity index (χ2n) is 4.29. The molecule has 0 saturated heterocycles. The third kappa shape index (κ3) is 2.09. The highest BCUT2D eigenvalue weighted by molar-refractivity contribution is 6.16. The molecule has 7 heteroatoms. The van der Waals surface area contributed by atoms with Gasteiger partial charge in [0, 0.05) is 22.7 Å². The van der Waals surface area contributed by atoms with E-state index in [1.54, 1.807) is 6.20 Å². The van der Waals surface area contributed by atoms with Crippen molar-refractivity contribution in [2.24, 2.45) is 5.84 Å². The number of aromatic amines is 1. The number of hydrazine groups is 1. The van der Waals surface area contributed by atoms with Gasteiger partial charge >= 0.3 is 0 Å². The summed E-state index contributed by atoms with van der Waals surface area (Å²) >= 11 is 0. The lowest BCUT2D eigenvalue weighted by atomic mass is 10.0. The molecule has 0 unspecified atom stereocenters. The van der Waals surface area contributed by atoms with Crippen LogP contribution in [0.15, 0.2) is 36.7 Å². The van der Waals surface area contributed by atoms with E-state index in [4.69, 9.17) is 11.1 Å². The van der Waals surface area contributed by atoms with Crippen LogP contribution in [0.25, 0.3) is 10.9 Å². The number of fused-ring (bicyclic) bond motifs is 1. The number of nitrogens with two attached hydrogens (primary N) is 1. The molecular formula is C14H10N6O. The molecule has 0 spiro atoms. The molecule has 0 aliphatic carbocycles. The Balaban J connectivity index is 2.16. The Morgan fingerprint density at radius 3 is 2.95 bits per heavy atom. The number of carbonyl (C=O) groups is 1. The third-order valence-corrected chi connectivity index (χ3v) is 3.09. The van der Waals surface area contributed by atoms with Gasteiger partial charge in [0.05, 0.1) is 6.20 Å². The molecule has 2 heterocycles. The smallest absolute Gasteiger partial charge is 0.237 e. The first-order valence-corrected chi connectivity index (χ1v) is 6.09. The van der Waals surface area contributed by atoms with Crippen molar-refractivity contribution in [2.45, 2.75) is 0 Å². The van der Waals surface area contributed by atoms with Crippen molar-refractivity contribution in [1.82, 2.24) is 15.0 Å². The molecule has 0 amide bonds. The minimum atomic E-state index is -0.358. The van der Waals surface area contributed by atoms with E-state index in [9.17, 15) is 4.79 Å². The minimum Gasteiger partial charge on any atom is -0.360 e. The van der Waals surface area contributed by atoms with Gasteiger partial charge < -0.3 is 4.98 Å². The van der Waals surface area contributed by atoms with Crippen LogP contribution in [0, 0.1) is 11.3 Å². The zero-order valence-corrected chi connectivity index (χ0v) is 10.8. The maximum Gasteiger partial charge on any atom is 0.237 e. The van der Waals surface area contributed by atoms with Gasteiger partial charge in [0.1, 0.15) is 17.3 Å². The van der Waals surface area contributed by atoms with Crippen LogP contribution in [-0.2, 0) is 0 Å². The van der Waals surface area contributed by atoms with Gasteiger partial charge in [-0.25, -0.2) is 15.8 Å². The summed E-state index contributed by atoms with van der Waals surface area (Å²) in [5.74, 6) is 4.97. The molecule has 3 rings (SSSR count). The fourth-order valence-corrected chi connectivity index (χ4v) is 2.09. The van der Waals surface area contributed by atoms with Gasteiger partial charge in [0.25, 0.3) is 0 Å². The number of nitrogen functional groups attached to an aromatic ring is 1. The van der Waals surface area contributed by atoms with E-state index in [2.05, 4.69) is 20.4 Å². The summed E-state index contributed by atoms with van der Waals surface area (Å²) in [5, 5.41) is 9.87. The number of rotatable bonds is 3. The Bertz CT molecular complexity index is 877. The quantitative estimate of drug-likeness (QED) is 0.378. The van der Waals surface area contributed by atoms with Crippen molar-refractivity contribution < 1.29 is 4.79 Å². The number of nitrogens with zero attached hydrogens (tertiary/aromatic N) is 3. The molecule has 7 nitrogen and oxygen atoms in total. The van der Waals surface area contributed by atoms with Crippen molar-refractivity contribution in [2.75, 3.05) is 5.43 Å². The SMILES string of the molecule is N#Cc1cnc(NN)nc1C(=O)c1c[nH]c2ccccc12. The van der Waals surface area contributed by atoms with Gasteiger partial charge in [0.2, 0.25) is 11.7 Å². The molecule has 21 heavy (non-hydrogen) atoms. The van der Waals surface area contributed by atoms with E-state index in [1.807, 2.05) is 30.3 Å². The maximum atomic E-state index is 12.6. The molecule has 1 aromatic carbocycles. The molecule has 4 N–H and O–H groups in total. The highest BCUT2D eigenvalue weighted by Gasteiger charge is 2.20. The molecule has 0 aliphatic rings. The summed E-state index contributed by atoms with van der Waals surface area (Å²) in [5.41, 5.74) is 3.67. The number of carbonyl (C=O) groups excluding carboxylic acids is 1. The second kappa shape index (κ2) is 5.03. The standard InChI is InChI=1S/C14H10N6O/c15-5-8-6-18-14(20-16)19-12(8)13(21)10-7-17-11-4-2-1-3-9(10)11/h1-4,6-7,17H,16H2,(H,18,19,20). The van der Waals surface area contributed by atoms with E-state index in [0.717, 1.165) is 10.9 Å². The van der Waals surface area contributed by atoms with Crippen LogP contribution in [0.5, 0.6) is 0 Å². The molecule has 2 aromatic heterocycles. The number of nitriles is 1. The predicted molar refractivity (Wildman–Crippen MR) is 76.3 cm³/mol. The topological polar surface area (TPSA) is 120 Å². The van der Waals surface area contributed by atoms with Crippen molar-refractivity contribution >= 4 is 22.6 Å². The van der Waals surface area contributed by atoms with Crippen molar-refractivity contribution in [3.63, 3.8) is 0 Å². The summed E-state index contributed by atoms with van der Waals surface area (Å²) in [6.07, 6.45) is 2.87. The van der Waals surface area contributed by atoms with Crippen LogP contribution >= 0.6 is 0 Å². The largest absolute Gasteiger partial charge is 0.360 e. The van der Waals surface area contributed by atoms with Crippen LogP contribution in [0.1, 0.15) is 21.6 Å². The van der Waals surface area contributed by atoms with Crippen LogP contribution < -0.4 is 11.3 Å². The molecule has 3 aromatic rings. The maximum absolute atomic E-state index is 12.6. The Labute approximate surface area is 119 Å². The van der Waals surface area contributed by atoms with Crippen LogP contribution in [0.4, 0.5) is 5.95 Å². The van der Waals surface area contributed by atoms with Gasteiger partial charge in [-0.1, -0.05) is 18.2 Å². The predicted octanol–water partition coefficient (Wildman–Crippen LogP) is 1.35. The average molecular weight is 278 g/mol. The first-order valence-electron chi connectivity index (χ1n) is 6.09. The van der Waals surface area contributed by atoms with Crippen LogP contribution in [0.3, 0.4) is 0 Å². The van der Waals surface area contributed by atoms with Gasteiger partial charge in [-0.2, -0.15) is 5.26 Å². The zero-order valence-electron chi connectivity index (χ0n) is 10.8. The van der Waals surface area contributed by atoms with Gasteiger partial charge in [-0.15, -0.1) is 0 Å². The molecule has 0 saturated carbocycles. The molecule has 0 atom stereocenters. The monoisotopic (exact) mass is 278 g/mol. The number of para-hydroxylation sites is 1. The average Bonchev–Trinajstić information content (AvgIpc) is 2.97. The third-order valence-electron chi connectivity index (χ3n) is 3.09. The molecular weight excluding hydrogens is 268 g/mol. The highest BCUT2D eigenvalue weighted by Crippen LogP contribution is 2.21. The zero-order chi connectivity index (χ0) is 14.8. The molecule has 0 bridgehead atoms. The summed E-state index contributed by atoms with van der Waals surface area (Å²) in [6, 6.07) is 9.31. The Morgan fingerprint density at radius 2 is 2.19 bits per heavy atom. The minimum absolute atomic E-state index is 0.0187. The number of ketones is 1. The lowest BCUT2D eigenvalue weighted by molar-refractivity contribution is 0.103. The lowest BCUT2D eigenvalue weighted by Gasteiger charge is -2.04. The van der Waals surface area contributed by atoms with E-state index >= 15 is 0 Å². The molecule has 102 valence electrons. The second-order valence-corrected chi connectivity index (χ2v) is 4.29. The molecule has 0 fully saturated rings. The fraction of sp³-hybridized carbons (Fsp3) is 0. The van der Waals surface area contributed by atoms with Gasteiger partial charge in [0.15, 0.2) is 0 Å². The summed E-state index contributed by atoms with van der Waals surface area (Å²) in [6.45, 7) is 0. The molecule has 0 radical (unpaired) electrons. The van der Waals surface area contributed by atoms with E-state index < -0.39 is 0 Å². The fourth-order valence-electron chi connectivity index (χ4n) is 2.09. The summed E-state index contributed by atoms with van der Waals surface area (Å²) < 4.78 is 0. The summed E-state index contributed by atoms with van der Waals surface area (Å²) in [4.78, 5) is 23.5. The van der Waals surface area contributed by atoms with Crippen LogP contribution in [-0.4, -0.2) is 20.7 Å². The number of anilines is 1. The number of nitrogens with one attached hydrogen (secondary N) is 2. The van der Waals surface area contributed by atoms with Crippen molar-refractivity contribution in [3.05, 3.63) is 53.5 Å². The number of benzene rings is 1. The molecule has 0 aliphatic heterocycles. The van der Waals surface area contributed by atoms with Crippen molar-refractivity contribution in [1.29, 1.82) is 5.26 Å². The number of hydrogen-bond acceptors (Lipinski definition) is 6. The first kappa shape index (κ1) is 12.8. The first-order chi connectivity index (χ1) is 10.2.